The quantitative estimate of drug-likeness (QED) is 0.491. The first-order valence-corrected chi connectivity index (χ1v) is 9.00. The van der Waals surface area contributed by atoms with Gasteiger partial charge in [0.15, 0.2) is 0 Å². The average Bonchev–Trinajstić information content (AvgIpc) is 3.32. The summed E-state index contributed by atoms with van der Waals surface area (Å²) in [5.74, 6) is 0.259. The normalized spacial score (nSPS) is 12.2. The van der Waals surface area contributed by atoms with Gasteiger partial charge in [-0.05, 0) is 22.6 Å². The van der Waals surface area contributed by atoms with E-state index in [0.29, 0.717) is 0 Å². The minimum absolute atomic E-state index is 0.259. The van der Waals surface area contributed by atoms with Gasteiger partial charge in [0.25, 0.3) is 0 Å². The molecule has 0 fully saturated rings. The second-order valence-electron chi connectivity index (χ2n) is 5.87. The number of benzene rings is 2. The van der Waals surface area contributed by atoms with Crippen molar-refractivity contribution in [2.24, 2.45) is 0 Å². The van der Waals surface area contributed by atoms with E-state index in [2.05, 4.69) is 88.5 Å². The van der Waals surface area contributed by atoms with Crippen LogP contribution < -0.4 is 0 Å². The highest BCUT2D eigenvalue weighted by molar-refractivity contribution is 7.08. The molecule has 0 aliphatic rings. The number of hydrogen-bond donors (Lipinski definition) is 1. The Bertz CT molecular complexity index is 909. The van der Waals surface area contributed by atoms with Gasteiger partial charge in [-0.1, -0.05) is 67.6 Å². The summed E-state index contributed by atoms with van der Waals surface area (Å²) in [6, 6.07) is 23.2. The van der Waals surface area contributed by atoms with Gasteiger partial charge in [0.05, 0.1) is 11.4 Å². The molecule has 1 N–H and O–H groups in total. The molecular weight excluding hydrogens is 312 g/mol. The number of rotatable bonds is 4. The van der Waals surface area contributed by atoms with Gasteiger partial charge in [0.2, 0.25) is 0 Å². The molecule has 0 unspecified atom stereocenters. The lowest BCUT2D eigenvalue weighted by Crippen LogP contribution is -1.99. The van der Waals surface area contributed by atoms with Crippen molar-refractivity contribution >= 4 is 11.3 Å². The minimum atomic E-state index is 0.259. The molecule has 0 aliphatic carbocycles. The maximum absolute atomic E-state index is 4.66. The molecule has 0 spiro atoms. The summed E-state index contributed by atoms with van der Waals surface area (Å²) in [6.07, 6.45) is 0. The highest BCUT2D eigenvalue weighted by Gasteiger charge is 2.22. The van der Waals surface area contributed by atoms with Crippen LogP contribution in [-0.4, -0.2) is 10.2 Å². The Morgan fingerprint density at radius 3 is 2.25 bits per heavy atom. The van der Waals surface area contributed by atoms with Crippen LogP contribution in [0.15, 0.2) is 77.5 Å². The summed E-state index contributed by atoms with van der Waals surface area (Å²) in [5.41, 5.74) is 7.05. The van der Waals surface area contributed by atoms with E-state index >= 15 is 0 Å². The van der Waals surface area contributed by atoms with Crippen molar-refractivity contribution in [1.29, 1.82) is 0 Å². The molecule has 4 aromatic rings. The van der Waals surface area contributed by atoms with Crippen LogP contribution in [0.5, 0.6) is 0 Å². The standard InChI is InChI=1S/C21H18N2S/c1-15(16-8-4-2-5-9-16)19-20(17-10-6-3-7-11-17)22-23-21(19)18-12-13-24-14-18/h2-15H,1H3,(H,22,23)/t15-/m1/s1. The molecular formula is C21H18N2S. The van der Waals surface area contributed by atoms with Crippen LogP contribution in [0.3, 0.4) is 0 Å². The minimum Gasteiger partial charge on any atom is -0.277 e. The molecule has 118 valence electrons. The predicted molar refractivity (Wildman–Crippen MR) is 101 cm³/mol. The smallest absolute Gasteiger partial charge is 0.0973 e. The summed E-state index contributed by atoms with van der Waals surface area (Å²) in [4.78, 5) is 0. The van der Waals surface area contributed by atoms with Gasteiger partial charge < -0.3 is 0 Å². The van der Waals surface area contributed by atoms with Gasteiger partial charge in [-0.3, -0.25) is 5.10 Å². The van der Waals surface area contributed by atoms with Crippen molar-refractivity contribution in [3.8, 4) is 22.5 Å². The molecule has 0 saturated carbocycles. The second kappa shape index (κ2) is 6.46. The van der Waals surface area contributed by atoms with Crippen LogP contribution in [-0.2, 0) is 0 Å². The van der Waals surface area contributed by atoms with E-state index < -0.39 is 0 Å². The third-order valence-corrected chi connectivity index (χ3v) is 5.08. The highest BCUT2D eigenvalue weighted by atomic mass is 32.1. The van der Waals surface area contributed by atoms with E-state index in [0.717, 1.165) is 11.4 Å². The average molecular weight is 330 g/mol. The molecule has 0 bridgehead atoms. The fourth-order valence-corrected chi connectivity index (χ4v) is 3.77. The number of nitrogens with one attached hydrogen (secondary N) is 1. The molecule has 0 saturated heterocycles. The van der Waals surface area contributed by atoms with Gasteiger partial charge >= 0.3 is 0 Å². The number of H-pyrrole nitrogens is 1. The fraction of sp³-hybridized carbons (Fsp3) is 0.0952. The zero-order valence-corrected chi connectivity index (χ0v) is 14.3. The summed E-state index contributed by atoms with van der Waals surface area (Å²) < 4.78 is 0. The van der Waals surface area contributed by atoms with Crippen molar-refractivity contribution in [1.82, 2.24) is 10.2 Å². The van der Waals surface area contributed by atoms with Crippen LogP contribution in [0.1, 0.15) is 24.0 Å². The first kappa shape index (κ1) is 14.9. The maximum atomic E-state index is 4.66. The Hall–Kier alpha value is -2.65. The molecule has 24 heavy (non-hydrogen) atoms. The molecule has 3 heteroatoms. The van der Waals surface area contributed by atoms with E-state index in [9.17, 15) is 0 Å². The van der Waals surface area contributed by atoms with Crippen molar-refractivity contribution in [2.45, 2.75) is 12.8 Å². The predicted octanol–water partition coefficient (Wildman–Crippen LogP) is 5.96. The molecule has 2 aromatic heterocycles. The highest BCUT2D eigenvalue weighted by Crippen LogP contribution is 2.38. The molecule has 4 rings (SSSR count). The van der Waals surface area contributed by atoms with Crippen molar-refractivity contribution in [3.63, 3.8) is 0 Å². The Morgan fingerprint density at radius 2 is 1.58 bits per heavy atom. The molecule has 0 radical (unpaired) electrons. The lowest BCUT2D eigenvalue weighted by molar-refractivity contribution is 0.928. The number of thiophene rings is 1. The third-order valence-electron chi connectivity index (χ3n) is 4.39. The monoisotopic (exact) mass is 330 g/mol. The number of nitrogens with zero attached hydrogens (tertiary/aromatic N) is 1. The first-order valence-electron chi connectivity index (χ1n) is 8.06. The third kappa shape index (κ3) is 2.68. The summed E-state index contributed by atoms with van der Waals surface area (Å²) >= 11 is 1.70. The van der Waals surface area contributed by atoms with E-state index in [1.165, 1.54) is 22.3 Å². The summed E-state index contributed by atoms with van der Waals surface area (Å²) in [5, 5.41) is 12.2. The topological polar surface area (TPSA) is 28.7 Å². The van der Waals surface area contributed by atoms with E-state index in [-0.39, 0.29) is 5.92 Å². The van der Waals surface area contributed by atoms with Crippen molar-refractivity contribution < 1.29 is 0 Å². The Morgan fingerprint density at radius 1 is 0.875 bits per heavy atom. The Labute approximate surface area is 145 Å². The zero-order chi connectivity index (χ0) is 16.4. The maximum Gasteiger partial charge on any atom is 0.0973 e. The molecule has 2 aromatic carbocycles. The van der Waals surface area contributed by atoms with Crippen molar-refractivity contribution in [2.75, 3.05) is 0 Å². The van der Waals surface area contributed by atoms with Gasteiger partial charge in [-0.15, -0.1) is 0 Å². The van der Waals surface area contributed by atoms with E-state index in [1.807, 2.05) is 6.07 Å². The lowest BCUT2D eigenvalue weighted by Gasteiger charge is -2.15. The SMILES string of the molecule is C[C@H](c1ccccc1)c1c(-c2ccsc2)n[nH]c1-c1ccccc1. The molecule has 1 atom stereocenters. The summed E-state index contributed by atoms with van der Waals surface area (Å²) in [7, 11) is 0. The Balaban J connectivity index is 1.90. The second-order valence-corrected chi connectivity index (χ2v) is 6.65. The number of hydrogen-bond acceptors (Lipinski definition) is 2. The molecule has 2 nitrogen and oxygen atoms in total. The number of aromatic amines is 1. The molecule has 0 aliphatic heterocycles. The largest absolute Gasteiger partial charge is 0.277 e. The van der Waals surface area contributed by atoms with Crippen LogP contribution in [0.25, 0.3) is 22.5 Å². The first-order chi connectivity index (χ1) is 11.8. The van der Waals surface area contributed by atoms with E-state index in [4.69, 9.17) is 0 Å². The van der Waals surface area contributed by atoms with Crippen LogP contribution >= 0.6 is 11.3 Å². The zero-order valence-electron chi connectivity index (χ0n) is 13.4. The molecule has 2 heterocycles. The summed E-state index contributed by atoms with van der Waals surface area (Å²) in [6.45, 7) is 2.25. The van der Waals surface area contributed by atoms with Crippen molar-refractivity contribution in [3.05, 3.63) is 88.6 Å². The fourth-order valence-electron chi connectivity index (χ4n) is 3.12. The van der Waals surface area contributed by atoms with E-state index in [1.54, 1.807) is 11.3 Å². The van der Waals surface area contributed by atoms with Crippen LogP contribution in [0, 0.1) is 0 Å². The number of aromatic nitrogens is 2. The lowest BCUT2D eigenvalue weighted by atomic mass is 9.88. The molecule has 0 amide bonds. The Kier molecular flexibility index (Phi) is 4.01. The van der Waals surface area contributed by atoms with Crippen LogP contribution in [0.4, 0.5) is 0 Å². The van der Waals surface area contributed by atoms with Gasteiger partial charge in [0.1, 0.15) is 0 Å². The van der Waals surface area contributed by atoms with Gasteiger partial charge in [-0.2, -0.15) is 16.4 Å². The van der Waals surface area contributed by atoms with Gasteiger partial charge in [-0.25, -0.2) is 0 Å². The van der Waals surface area contributed by atoms with Crippen LogP contribution in [0.2, 0.25) is 0 Å². The van der Waals surface area contributed by atoms with Gasteiger partial charge in [0, 0.05) is 22.4 Å².